The number of hydrogen-bond acceptors (Lipinski definition) is 6. The molecule has 35 heavy (non-hydrogen) atoms. The lowest BCUT2D eigenvalue weighted by Gasteiger charge is -2.13. The van der Waals surface area contributed by atoms with Crippen LogP contribution in [0.1, 0.15) is 46.9 Å². The molecule has 10 heteroatoms. The molecule has 0 aliphatic heterocycles. The van der Waals surface area contributed by atoms with Crippen LogP contribution < -0.4 is 10.6 Å². The maximum absolute atomic E-state index is 12.4. The van der Waals surface area contributed by atoms with Gasteiger partial charge >= 0.3 is 12.1 Å². The highest BCUT2D eigenvalue weighted by Crippen LogP contribution is 2.44. The monoisotopic (exact) mass is 475 g/mol. The number of aromatic nitrogens is 3. The van der Waals surface area contributed by atoms with Gasteiger partial charge in [-0.15, -0.1) is 5.10 Å². The van der Waals surface area contributed by atoms with Gasteiger partial charge in [-0.1, -0.05) is 61.4 Å². The Morgan fingerprint density at radius 2 is 1.71 bits per heavy atom. The summed E-state index contributed by atoms with van der Waals surface area (Å²) in [5, 5.41) is 20.6. The van der Waals surface area contributed by atoms with E-state index in [0.29, 0.717) is 12.3 Å². The van der Waals surface area contributed by atoms with Crippen molar-refractivity contribution in [2.75, 3.05) is 18.5 Å². The molecule has 2 aliphatic carbocycles. The molecule has 0 saturated heterocycles. The highest BCUT2D eigenvalue weighted by molar-refractivity contribution is 5.91. The van der Waals surface area contributed by atoms with Gasteiger partial charge in [0, 0.05) is 12.5 Å². The van der Waals surface area contributed by atoms with Crippen molar-refractivity contribution in [2.24, 2.45) is 11.8 Å². The molecule has 1 heterocycles. The predicted molar refractivity (Wildman–Crippen MR) is 126 cm³/mol. The third-order valence-electron chi connectivity index (χ3n) is 6.43. The first kappa shape index (κ1) is 22.6. The fourth-order valence-electron chi connectivity index (χ4n) is 4.47. The molecule has 3 aromatic rings. The van der Waals surface area contributed by atoms with Crippen molar-refractivity contribution < 1.29 is 24.2 Å². The molecular formula is C25H25N5O5. The highest BCUT2D eigenvalue weighted by Gasteiger charge is 2.30. The molecule has 1 aromatic heterocycles. The summed E-state index contributed by atoms with van der Waals surface area (Å²) in [6, 6.07) is 16.1. The molecule has 2 aliphatic rings. The fraction of sp³-hybridized carbons (Fsp3) is 0.320. The molecule has 4 N–H and O–H groups in total. The van der Waals surface area contributed by atoms with Crippen molar-refractivity contribution in [3.8, 4) is 11.1 Å². The SMILES string of the molecule is O=C(Nc1n[nH]c(C(=O)NCC(CC2CC2)C(=O)O)n1)OCC1c2ccccc2-c2ccccc21. The number of aromatic amines is 1. The number of fused-ring (bicyclic) bond motifs is 3. The number of ether oxygens (including phenoxy) is 1. The number of amides is 2. The summed E-state index contributed by atoms with van der Waals surface area (Å²) in [4.78, 5) is 40.0. The van der Waals surface area contributed by atoms with Crippen molar-refractivity contribution in [3.05, 3.63) is 65.5 Å². The van der Waals surface area contributed by atoms with Crippen LogP contribution in [0.4, 0.5) is 10.7 Å². The number of anilines is 1. The van der Waals surface area contributed by atoms with Gasteiger partial charge < -0.3 is 15.2 Å². The Hall–Kier alpha value is -4.21. The van der Waals surface area contributed by atoms with Crippen molar-refractivity contribution >= 4 is 23.9 Å². The average molecular weight is 476 g/mol. The lowest BCUT2D eigenvalue weighted by atomic mass is 9.98. The largest absolute Gasteiger partial charge is 0.481 e. The summed E-state index contributed by atoms with van der Waals surface area (Å²) in [5.41, 5.74) is 4.45. The molecule has 180 valence electrons. The predicted octanol–water partition coefficient (Wildman–Crippen LogP) is 3.40. The van der Waals surface area contributed by atoms with Crippen molar-refractivity contribution in [1.29, 1.82) is 0 Å². The Kier molecular flexibility index (Phi) is 6.17. The third kappa shape index (κ3) is 5.01. The number of carbonyl (C=O) groups is 3. The number of carbonyl (C=O) groups excluding carboxylic acids is 2. The van der Waals surface area contributed by atoms with E-state index in [4.69, 9.17) is 4.74 Å². The molecule has 0 radical (unpaired) electrons. The number of aliphatic carboxylic acids is 1. The topological polar surface area (TPSA) is 146 Å². The lowest BCUT2D eigenvalue weighted by Crippen LogP contribution is -2.33. The van der Waals surface area contributed by atoms with Crippen LogP contribution in [0.25, 0.3) is 11.1 Å². The third-order valence-corrected chi connectivity index (χ3v) is 6.43. The van der Waals surface area contributed by atoms with Crippen molar-refractivity contribution in [2.45, 2.75) is 25.2 Å². The summed E-state index contributed by atoms with van der Waals surface area (Å²) in [7, 11) is 0. The van der Waals surface area contributed by atoms with Crippen molar-refractivity contribution in [1.82, 2.24) is 20.5 Å². The second-order valence-electron chi connectivity index (χ2n) is 8.88. The zero-order valence-corrected chi connectivity index (χ0v) is 18.9. The summed E-state index contributed by atoms with van der Waals surface area (Å²) in [6.45, 7) is 0.135. The van der Waals surface area contributed by atoms with Gasteiger partial charge in [-0.2, -0.15) is 4.98 Å². The summed E-state index contributed by atoms with van der Waals surface area (Å²) >= 11 is 0. The van der Waals surface area contributed by atoms with Crippen LogP contribution in [-0.2, 0) is 9.53 Å². The summed E-state index contributed by atoms with van der Waals surface area (Å²) in [6.07, 6.45) is 1.86. The molecule has 1 unspecified atom stereocenters. The van der Waals surface area contributed by atoms with Gasteiger partial charge in [0.2, 0.25) is 5.82 Å². The zero-order chi connectivity index (χ0) is 24.4. The second kappa shape index (κ2) is 9.57. The number of benzene rings is 2. The van der Waals surface area contributed by atoms with E-state index in [9.17, 15) is 19.5 Å². The van der Waals surface area contributed by atoms with Crippen LogP contribution >= 0.6 is 0 Å². The number of nitrogens with zero attached hydrogens (tertiary/aromatic N) is 2. The average Bonchev–Trinajstić information content (AvgIpc) is 3.46. The molecule has 2 amide bonds. The molecule has 0 spiro atoms. The minimum absolute atomic E-state index is 0.000503. The normalized spacial score (nSPS) is 15.1. The van der Waals surface area contributed by atoms with Crippen LogP contribution in [0.15, 0.2) is 48.5 Å². The van der Waals surface area contributed by atoms with E-state index in [-0.39, 0.29) is 30.8 Å². The van der Waals surface area contributed by atoms with Crippen LogP contribution in [0, 0.1) is 11.8 Å². The van der Waals surface area contributed by atoms with Crippen LogP contribution in [0.2, 0.25) is 0 Å². The van der Waals surface area contributed by atoms with Crippen LogP contribution in [0.5, 0.6) is 0 Å². The lowest BCUT2D eigenvalue weighted by molar-refractivity contribution is -0.141. The number of nitrogens with one attached hydrogen (secondary N) is 3. The molecule has 10 nitrogen and oxygen atoms in total. The smallest absolute Gasteiger partial charge is 0.414 e. The van der Waals surface area contributed by atoms with E-state index >= 15 is 0 Å². The van der Waals surface area contributed by atoms with E-state index in [1.54, 1.807) is 0 Å². The number of rotatable bonds is 9. The van der Waals surface area contributed by atoms with E-state index < -0.39 is 23.9 Å². The highest BCUT2D eigenvalue weighted by atomic mass is 16.5. The van der Waals surface area contributed by atoms with E-state index in [0.717, 1.165) is 35.1 Å². The van der Waals surface area contributed by atoms with Gasteiger partial charge in [0.15, 0.2) is 0 Å². The van der Waals surface area contributed by atoms with Crippen molar-refractivity contribution in [3.63, 3.8) is 0 Å². The molecular weight excluding hydrogens is 450 g/mol. The van der Waals surface area contributed by atoms with Crippen LogP contribution in [-0.4, -0.2) is 51.4 Å². The Morgan fingerprint density at radius 3 is 2.34 bits per heavy atom. The first-order valence-electron chi connectivity index (χ1n) is 11.5. The summed E-state index contributed by atoms with van der Waals surface area (Å²) < 4.78 is 5.45. The summed E-state index contributed by atoms with van der Waals surface area (Å²) in [5.74, 6) is -2.08. The van der Waals surface area contributed by atoms with Gasteiger partial charge in [-0.05, 0) is 34.6 Å². The minimum Gasteiger partial charge on any atom is -0.481 e. The molecule has 0 bridgehead atoms. The van der Waals surface area contributed by atoms with Gasteiger partial charge in [-0.25, -0.2) is 4.79 Å². The molecule has 2 aromatic carbocycles. The Bertz CT molecular complexity index is 1220. The Labute approximate surface area is 201 Å². The maximum Gasteiger partial charge on any atom is 0.414 e. The zero-order valence-electron chi connectivity index (χ0n) is 18.9. The Morgan fingerprint density at radius 1 is 1.06 bits per heavy atom. The molecule has 1 fully saturated rings. The number of carboxylic acid groups (broad SMARTS) is 1. The van der Waals surface area contributed by atoms with E-state index in [2.05, 4.69) is 37.9 Å². The van der Waals surface area contributed by atoms with Gasteiger partial charge in [0.1, 0.15) is 6.61 Å². The van der Waals surface area contributed by atoms with Gasteiger partial charge in [0.25, 0.3) is 11.9 Å². The number of carboxylic acids is 1. The minimum atomic E-state index is -0.938. The van der Waals surface area contributed by atoms with E-state index in [1.165, 1.54) is 0 Å². The molecule has 1 saturated carbocycles. The molecule has 1 atom stereocenters. The van der Waals surface area contributed by atoms with Gasteiger partial charge in [-0.3, -0.25) is 20.0 Å². The standard InChI is InChI=1S/C25H25N5O5/c31-22(26-12-15(23(32)33)11-14-9-10-14)21-27-24(30-29-21)28-25(34)35-13-20-18-7-3-1-5-16(18)17-6-2-4-8-19(17)20/h1-8,14-15,20H,9-13H2,(H,26,31)(H,32,33)(H2,27,28,29,30,34). The first-order valence-corrected chi connectivity index (χ1v) is 11.5. The van der Waals surface area contributed by atoms with Crippen LogP contribution in [0.3, 0.4) is 0 Å². The fourth-order valence-corrected chi connectivity index (χ4v) is 4.47. The maximum atomic E-state index is 12.4. The second-order valence-corrected chi connectivity index (χ2v) is 8.88. The Balaban J connectivity index is 1.15. The number of hydrogen-bond donors (Lipinski definition) is 4. The molecule has 5 rings (SSSR count). The number of H-pyrrole nitrogens is 1. The van der Waals surface area contributed by atoms with E-state index in [1.807, 2.05) is 36.4 Å². The van der Waals surface area contributed by atoms with Gasteiger partial charge in [0.05, 0.1) is 5.92 Å². The quantitative estimate of drug-likeness (QED) is 0.371. The first-order chi connectivity index (χ1) is 17.0.